The summed E-state index contributed by atoms with van der Waals surface area (Å²) in [5, 5.41) is 4.01. The third-order valence-electron chi connectivity index (χ3n) is 1.57. The van der Waals surface area contributed by atoms with Crippen LogP contribution >= 0.6 is 12.6 Å². The normalized spacial score (nSPS) is 10.5. The number of hydrogen-bond acceptors (Lipinski definition) is 4. The van der Waals surface area contributed by atoms with Crippen molar-refractivity contribution in [2.24, 2.45) is 0 Å². The highest BCUT2D eigenvalue weighted by Gasteiger charge is 2.07. The summed E-state index contributed by atoms with van der Waals surface area (Å²) in [6.07, 6.45) is 0.658. The molecule has 0 aliphatic rings. The van der Waals surface area contributed by atoms with Crippen molar-refractivity contribution >= 4 is 12.6 Å². The Hall–Kier alpha value is -0.910. The monoisotopic (exact) mass is 188 g/mol. The molecule has 2 N–H and O–H groups in total. The molecule has 0 aliphatic heterocycles. The number of hydrogen-bond donors (Lipinski definition) is 2. The Morgan fingerprint density at radius 2 is 2.33 bits per heavy atom. The minimum atomic E-state index is -0.277. The van der Waals surface area contributed by atoms with Crippen LogP contribution in [0.3, 0.4) is 0 Å². The Kier molecular flexibility index (Phi) is 2.80. The van der Waals surface area contributed by atoms with Gasteiger partial charge >= 0.3 is 5.69 Å². The van der Waals surface area contributed by atoms with Crippen molar-refractivity contribution in [1.29, 1.82) is 0 Å². The third kappa shape index (κ3) is 1.47. The van der Waals surface area contributed by atoms with E-state index in [0.717, 1.165) is 4.68 Å². The Labute approximate surface area is 75.6 Å². The van der Waals surface area contributed by atoms with Crippen molar-refractivity contribution in [1.82, 2.24) is 14.5 Å². The molecule has 1 rings (SSSR count). The van der Waals surface area contributed by atoms with Gasteiger partial charge in [0.2, 0.25) is 0 Å². The second-order valence-electron chi connectivity index (χ2n) is 2.37. The number of nitrogens with two attached hydrogens (primary N) is 1. The van der Waals surface area contributed by atoms with E-state index in [0.29, 0.717) is 24.5 Å². The molecule has 12 heavy (non-hydrogen) atoms. The second-order valence-corrected chi connectivity index (χ2v) is 2.82. The van der Waals surface area contributed by atoms with E-state index in [4.69, 9.17) is 5.84 Å². The predicted octanol–water partition coefficient (Wildman–Crippen LogP) is -0.749. The van der Waals surface area contributed by atoms with E-state index in [1.54, 1.807) is 0 Å². The number of nitrogen functional groups attached to an aromatic ring is 1. The van der Waals surface area contributed by atoms with Crippen molar-refractivity contribution < 1.29 is 0 Å². The van der Waals surface area contributed by atoms with Gasteiger partial charge in [-0.2, -0.15) is 22.4 Å². The lowest BCUT2D eigenvalue weighted by Gasteiger charge is -1.91. The molecule has 5 nitrogen and oxygen atoms in total. The average molecular weight is 188 g/mol. The number of rotatable bonds is 3. The molecule has 6 heteroatoms. The smallest absolute Gasteiger partial charge is 0.333 e. The number of nitrogens with zero attached hydrogens (tertiary/aromatic N) is 3. The van der Waals surface area contributed by atoms with Gasteiger partial charge in [-0.15, -0.1) is 0 Å². The lowest BCUT2D eigenvalue weighted by molar-refractivity contribution is 0.630. The molecule has 0 saturated carbocycles. The minimum Gasteiger partial charge on any atom is -0.333 e. The maximum atomic E-state index is 11.2. The Morgan fingerprint density at radius 1 is 1.67 bits per heavy atom. The SMILES string of the molecule is CCc1nn(CCS)c(=O)n1N. The molecule has 0 spiro atoms. The maximum absolute atomic E-state index is 11.2. The van der Waals surface area contributed by atoms with E-state index in [-0.39, 0.29) is 5.69 Å². The van der Waals surface area contributed by atoms with Crippen LogP contribution in [0.2, 0.25) is 0 Å². The fraction of sp³-hybridized carbons (Fsp3) is 0.667. The van der Waals surface area contributed by atoms with Crippen LogP contribution in [0.4, 0.5) is 0 Å². The largest absolute Gasteiger partial charge is 0.364 e. The van der Waals surface area contributed by atoms with Crippen molar-refractivity contribution in [3.63, 3.8) is 0 Å². The highest BCUT2D eigenvalue weighted by Crippen LogP contribution is 1.89. The van der Waals surface area contributed by atoms with Crippen LogP contribution < -0.4 is 11.5 Å². The summed E-state index contributed by atoms with van der Waals surface area (Å²) in [4.78, 5) is 11.2. The predicted molar refractivity (Wildman–Crippen MR) is 49.9 cm³/mol. The number of thiol groups is 1. The zero-order valence-electron chi connectivity index (χ0n) is 6.90. The molecule has 0 fully saturated rings. The van der Waals surface area contributed by atoms with Crippen LogP contribution in [0, 0.1) is 0 Å². The van der Waals surface area contributed by atoms with E-state index in [2.05, 4.69) is 17.7 Å². The maximum Gasteiger partial charge on any atom is 0.364 e. The topological polar surface area (TPSA) is 65.8 Å². The van der Waals surface area contributed by atoms with Crippen LogP contribution in [-0.2, 0) is 13.0 Å². The summed E-state index contributed by atoms with van der Waals surface area (Å²) in [5.41, 5.74) is -0.277. The summed E-state index contributed by atoms with van der Waals surface area (Å²) in [6.45, 7) is 2.40. The van der Waals surface area contributed by atoms with Gasteiger partial charge in [0.1, 0.15) is 0 Å². The molecular formula is C6H12N4OS. The third-order valence-corrected chi connectivity index (χ3v) is 1.77. The van der Waals surface area contributed by atoms with Crippen molar-refractivity contribution in [2.45, 2.75) is 19.9 Å². The summed E-state index contributed by atoms with van der Waals surface area (Å²) >= 11 is 4.00. The molecule has 0 bridgehead atoms. The second kappa shape index (κ2) is 3.66. The number of aryl methyl sites for hydroxylation is 2. The van der Waals surface area contributed by atoms with Gasteiger partial charge in [-0.25, -0.2) is 9.48 Å². The van der Waals surface area contributed by atoms with Gasteiger partial charge in [-0.3, -0.25) is 0 Å². The van der Waals surface area contributed by atoms with Gasteiger partial charge < -0.3 is 5.84 Å². The summed E-state index contributed by atoms with van der Waals surface area (Å²) in [7, 11) is 0. The zero-order chi connectivity index (χ0) is 9.14. The molecule has 68 valence electrons. The van der Waals surface area contributed by atoms with Gasteiger partial charge in [0.25, 0.3) is 0 Å². The lowest BCUT2D eigenvalue weighted by Crippen LogP contribution is -2.30. The highest BCUT2D eigenvalue weighted by atomic mass is 32.1. The molecule has 0 unspecified atom stereocenters. The minimum absolute atomic E-state index is 0.277. The number of aromatic nitrogens is 3. The first kappa shape index (κ1) is 9.18. The first-order valence-corrected chi connectivity index (χ1v) is 4.38. The molecular weight excluding hydrogens is 176 g/mol. The van der Waals surface area contributed by atoms with E-state index in [1.807, 2.05) is 6.92 Å². The zero-order valence-corrected chi connectivity index (χ0v) is 7.79. The van der Waals surface area contributed by atoms with E-state index >= 15 is 0 Å². The first-order valence-electron chi connectivity index (χ1n) is 3.75. The Morgan fingerprint density at radius 3 is 2.75 bits per heavy atom. The molecule has 0 atom stereocenters. The van der Waals surface area contributed by atoms with Gasteiger partial charge in [0.05, 0.1) is 6.54 Å². The fourth-order valence-corrected chi connectivity index (χ4v) is 1.14. The average Bonchev–Trinajstić information content (AvgIpc) is 2.33. The standard InChI is InChI=1S/C6H12N4OS/c1-2-5-8-9(3-4-12)6(11)10(5)7/h12H,2-4,7H2,1H3. The summed E-state index contributed by atoms with van der Waals surface area (Å²) in [6, 6.07) is 0. The molecule has 0 aliphatic carbocycles. The Bertz CT molecular complexity index is 316. The molecule has 1 aromatic heterocycles. The van der Waals surface area contributed by atoms with Gasteiger partial charge in [0, 0.05) is 12.2 Å². The molecule has 0 radical (unpaired) electrons. The lowest BCUT2D eigenvalue weighted by atomic mass is 10.5. The van der Waals surface area contributed by atoms with Crippen LogP contribution in [0.5, 0.6) is 0 Å². The van der Waals surface area contributed by atoms with Crippen molar-refractivity contribution in [3.05, 3.63) is 16.3 Å². The first-order chi connectivity index (χ1) is 5.70. The molecule has 0 amide bonds. The molecule has 0 saturated heterocycles. The summed E-state index contributed by atoms with van der Waals surface area (Å²) in [5.74, 6) is 6.62. The molecule has 1 heterocycles. The highest BCUT2D eigenvalue weighted by molar-refractivity contribution is 7.80. The van der Waals surface area contributed by atoms with Crippen LogP contribution in [0.15, 0.2) is 4.79 Å². The van der Waals surface area contributed by atoms with E-state index in [9.17, 15) is 4.79 Å². The van der Waals surface area contributed by atoms with Crippen LogP contribution in [0.25, 0.3) is 0 Å². The van der Waals surface area contributed by atoms with Crippen molar-refractivity contribution in [2.75, 3.05) is 11.6 Å². The van der Waals surface area contributed by atoms with Crippen molar-refractivity contribution in [3.8, 4) is 0 Å². The Balaban J connectivity index is 3.07. The quantitative estimate of drug-likeness (QED) is 0.484. The fourth-order valence-electron chi connectivity index (χ4n) is 0.946. The van der Waals surface area contributed by atoms with Crippen LogP contribution in [0.1, 0.15) is 12.7 Å². The summed E-state index contributed by atoms with van der Waals surface area (Å²) < 4.78 is 2.40. The molecule has 0 aromatic carbocycles. The van der Waals surface area contributed by atoms with E-state index in [1.165, 1.54) is 4.68 Å². The van der Waals surface area contributed by atoms with E-state index < -0.39 is 0 Å². The van der Waals surface area contributed by atoms with Crippen LogP contribution in [-0.4, -0.2) is 20.2 Å². The van der Waals surface area contributed by atoms with Gasteiger partial charge in [-0.1, -0.05) is 6.92 Å². The van der Waals surface area contributed by atoms with Gasteiger partial charge in [-0.05, 0) is 0 Å². The van der Waals surface area contributed by atoms with Gasteiger partial charge in [0.15, 0.2) is 5.82 Å². The molecule has 1 aromatic rings.